The Kier molecular flexibility index (Phi) is 8.21. The molecule has 2 heterocycles. The van der Waals surface area contributed by atoms with Gasteiger partial charge < -0.3 is 10.1 Å². The van der Waals surface area contributed by atoms with Crippen molar-refractivity contribution in [2.24, 2.45) is 0 Å². The number of sulfonamides is 1. The molecular formula is C21H32FN3O4S. The zero-order valence-corrected chi connectivity index (χ0v) is 18.4. The van der Waals surface area contributed by atoms with Crippen LogP contribution in [-0.4, -0.2) is 81.3 Å². The van der Waals surface area contributed by atoms with Gasteiger partial charge in [0, 0.05) is 51.5 Å². The zero-order valence-electron chi connectivity index (χ0n) is 17.6. The largest absolute Gasteiger partial charge is 0.381 e. The average Bonchev–Trinajstić information content (AvgIpc) is 2.73. The maximum Gasteiger partial charge on any atom is 0.224 e. The van der Waals surface area contributed by atoms with Crippen molar-refractivity contribution in [1.29, 1.82) is 0 Å². The van der Waals surface area contributed by atoms with Crippen molar-refractivity contribution in [3.63, 3.8) is 0 Å². The molecule has 0 aliphatic carbocycles. The highest BCUT2D eigenvalue weighted by atomic mass is 32.2. The van der Waals surface area contributed by atoms with Crippen molar-refractivity contribution in [2.75, 3.05) is 45.6 Å². The molecule has 0 atom stereocenters. The molecule has 0 radical (unpaired) electrons. The molecule has 3 rings (SSSR count). The van der Waals surface area contributed by atoms with Gasteiger partial charge in [-0.15, -0.1) is 0 Å². The molecule has 1 N–H and O–H groups in total. The van der Waals surface area contributed by atoms with Crippen LogP contribution in [0.5, 0.6) is 0 Å². The van der Waals surface area contributed by atoms with E-state index in [9.17, 15) is 17.6 Å². The minimum absolute atomic E-state index is 0.0829. The molecule has 2 saturated heterocycles. The predicted octanol–water partition coefficient (Wildman–Crippen LogP) is 1.39. The molecule has 7 nitrogen and oxygen atoms in total. The van der Waals surface area contributed by atoms with Crippen LogP contribution in [0.1, 0.15) is 31.2 Å². The third-order valence-corrected chi connectivity index (χ3v) is 7.29. The number of benzene rings is 1. The number of rotatable bonds is 8. The highest BCUT2D eigenvalue weighted by Gasteiger charge is 2.32. The fourth-order valence-corrected chi connectivity index (χ4v) is 5.23. The number of ether oxygens (including phenoxy) is 1. The summed E-state index contributed by atoms with van der Waals surface area (Å²) in [6.07, 6.45) is 5.00. The van der Waals surface area contributed by atoms with E-state index in [1.165, 1.54) is 18.4 Å². The quantitative estimate of drug-likeness (QED) is 0.660. The van der Waals surface area contributed by atoms with Crippen molar-refractivity contribution in [3.05, 3.63) is 35.6 Å². The first-order valence-corrected chi connectivity index (χ1v) is 12.5. The first-order valence-electron chi connectivity index (χ1n) is 10.6. The summed E-state index contributed by atoms with van der Waals surface area (Å²) in [5, 5.41) is 2.98. The lowest BCUT2D eigenvalue weighted by molar-refractivity contribution is -0.120. The van der Waals surface area contributed by atoms with E-state index in [0.717, 1.165) is 51.0 Å². The standard InChI is InChI=1S/C21H32FN3O4S/c1-30(27,28)24-11-6-19(7-12-24)25(20-8-14-29-15-9-20)13-10-23-21(26)16-17-2-4-18(22)5-3-17/h2-5,19-20H,6-16H2,1H3,(H,23,26). The Labute approximate surface area is 178 Å². The number of piperidine rings is 1. The number of nitrogens with zero attached hydrogens (tertiary/aromatic N) is 2. The number of halogens is 1. The summed E-state index contributed by atoms with van der Waals surface area (Å²) in [6, 6.07) is 6.66. The number of hydrogen-bond acceptors (Lipinski definition) is 5. The van der Waals surface area contributed by atoms with E-state index in [-0.39, 0.29) is 18.1 Å². The lowest BCUT2D eigenvalue weighted by Crippen LogP contribution is -2.53. The highest BCUT2D eigenvalue weighted by Crippen LogP contribution is 2.24. The van der Waals surface area contributed by atoms with Crippen molar-refractivity contribution in [3.8, 4) is 0 Å². The van der Waals surface area contributed by atoms with Crippen LogP contribution in [0.15, 0.2) is 24.3 Å². The van der Waals surface area contributed by atoms with E-state index in [4.69, 9.17) is 4.74 Å². The summed E-state index contributed by atoms with van der Waals surface area (Å²) in [4.78, 5) is 14.7. The topological polar surface area (TPSA) is 79.0 Å². The normalized spacial score (nSPS) is 19.8. The lowest BCUT2D eigenvalue weighted by atomic mass is 9.98. The monoisotopic (exact) mass is 441 g/mol. The number of carbonyl (C=O) groups is 1. The van der Waals surface area contributed by atoms with Gasteiger partial charge >= 0.3 is 0 Å². The molecule has 0 saturated carbocycles. The first-order chi connectivity index (χ1) is 14.3. The fraction of sp³-hybridized carbons (Fsp3) is 0.667. The van der Waals surface area contributed by atoms with E-state index in [1.54, 1.807) is 16.4 Å². The number of amides is 1. The molecule has 168 valence electrons. The van der Waals surface area contributed by atoms with Gasteiger partial charge in [-0.3, -0.25) is 9.69 Å². The molecule has 2 fully saturated rings. The molecule has 2 aliphatic rings. The molecular weight excluding hydrogens is 409 g/mol. The van der Waals surface area contributed by atoms with E-state index >= 15 is 0 Å². The Hall–Kier alpha value is -1.55. The molecule has 0 spiro atoms. The second-order valence-corrected chi connectivity index (χ2v) is 10.1. The van der Waals surface area contributed by atoms with Crippen molar-refractivity contribution in [2.45, 2.75) is 44.2 Å². The van der Waals surface area contributed by atoms with Gasteiger partial charge in [0.15, 0.2) is 0 Å². The number of hydrogen-bond donors (Lipinski definition) is 1. The van der Waals surface area contributed by atoms with Gasteiger partial charge in [-0.2, -0.15) is 0 Å². The Balaban J connectivity index is 1.52. The number of carbonyl (C=O) groups excluding carboxylic acids is 1. The predicted molar refractivity (Wildman–Crippen MR) is 113 cm³/mol. The smallest absolute Gasteiger partial charge is 0.224 e. The summed E-state index contributed by atoms with van der Waals surface area (Å²) in [6.45, 7) is 3.81. The van der Waals surface area contributed by atoms with Gasteiger partial charge in [0.25, 0.3) is 0 Å². The number of nitrogens with one attached hydrogen (secondary N) is 1. The Bertz CT molecular complexity index is 789. The van der Waals surface area contributed by atoms with Crippen molar-refractivity contribution >= 4 is 15.9 Å². The molecule has 1 amide bonds. The second kappa shape index (κ2) is 10.7. The van der Waals surface area contributed by atoms with E-state index in [0.29, 0.717) is 31.7 Å². The molecule has 9 heteroatoms. The Morgan fingerprint density at radius 2 is 1.73 bits per heavy atom. The fourth-order valence-electron chi connectivity index (χ4n) is 4.36. The molecule has 30 heavy (non-hydrogen) atoms. The SMILES string of the molecule is CS(=O)(=O)N1CCC(N(CCNC(=O)Cc2ccc(F)cc2)C2CCOCC2)CC1. The van der Waals surface area contributed by atoms with Crippen LogP contribution in [0.2, 0.25) is 0 Å². The summed E-state index contributed by atoms with van der Waals surface area (Å²) in [5.74, 6) is -0.395. The molecule has 2 aliphatic heterocycles. The summed E-state index contributed by atoms with van der Waals surface area (Å²) >= 11 is 0. The second-order valence-electron chi connectivity index (χ2n) is 8.13. The zero-order chi connectivity index (χ0) is 21.6. The van der Waals surface area contributed by atoms with Crippen LogP contribution >= 0.6 is 0 Å². The van der Waals surface area contributed by atoms with Crippen LogP contribution in [0, 0.1) is 5.82 Å². The maximum atomic E-state index is 13.0. The van der Waals surface area contributed by atoms with Crippen LogP contribution in [0.4, 0.5) is 4.39 Å². The van der Waals surface area contributed by atoms with Crippen LogP contribution < -0.4 is 5.32 Å². The van der Waals surface area contributed by atoms with Gasteiger partial charge in [-0.05, 0) is 43.4 Å². The molecule has 0 aromatic heterocycles. The van der Waals surface area contributed by atoms with Gasteiger partial charge in [0.2, 0.25) is 15.9 Å². The molecule has 1 aromatic carbocycles. The Morgan fingerprint density at radius 1 is 1.13 bits per heavy atom. The molecule has 0 bridgehead atoms. The van der Waals surface area contributed by atoms with Gasteiger partial charge in [-0.25, -0.2) is 17.1 Å². The summed E-state index contributed by atoms with van der Waals surface area (Å²) in [7, 11) is -3.15. The lowest BCUT2D eigenvalue weighted by Gasteiger charge is -2.43. The van der Waals surface area contributed by atoms with Gasteiger partial charge in [0.05, 0.1) is 12.7 Å². The van der Waals surface area contributed by atoms with E-state index < -0.39 is 10.0 Å². The minimum Gasteiger partial charge on any atom is -0.381 e. The molecule has 0 unspecified atom stereocenters. The van der Waals surface area contributed by atoms with Crippen LogP contribution in [0.3, 0.4) is 0 Å². The van der Waals surface area contributed by atoms with Crippen LogP contribution in [0.25, 0.3) is 0 Å². The van der Waals surface area contributed by atoms with Crippen LogP contribution in [-0.2, 0) is 26.0 Å². The van der Waals surface area contributed by atoms with Gasteiger partial charge in [-0.1, -0.05) is 12.1 Å². The van der Waals surface area contributed by atoms with E-state index in [1.807, 2.05) is 0 Å². The average molecular weight is 442 g/mol. The van der Waals surface area contributed by atoms with E-state index in [2.05, 4.69) is 10.2 Å². The molecule has 1 aromatic rings. The first kappa shape index (κ1) is 23.1. The Morgan fingerprint density at radius 3 is 2.33 bits per heavy atom. The maximum absolute atomic E-state index is 13.0. The highest BCUT2D eigenvalue weighted by molar-refractivity contribution is 7.88. The van der Waals surface area contributed by atoms with Gasteiger partial charge in [0.1, 0.15) is 5.82 Å². The van der Waals surface area contributed by atoms with Crippen molar-refractivity contribution < 1.29 is 22.3 Å². The summed E-state index contributed by atoms with van der Waals surface area (Å²) < 4.78 is 43.7. The third-order valence-electron chi connectivity index (χ3n) is 5.99. The van der Waals surface area contributed by atoms with Crippen molar-refractivity contribution in [1.82, 2.24) is 14.5 Å². The third kappa shape index (κ3) is 6.73. The minimum atomic E-state index is -3.15. The summed E-state index contributed by atoms with van der Waals surface area (Å²) in [5.41, 5.74) is 0.781.